The summed E-state index contributed by atoms with van der Waals surface area (Å²) in [4.78, 5) is 12.0. The van der Waals surface area contributed by atoms with Crippen molar-refractivity contribution in [1.82, 2.24) is 9.88 Å². The molecule has 0 spiro atoms. The Labute approximate surface area is 107 Å². The zero-order chi connectivity index (χ0) is 13.3. The van der Waals surface area contributed by atoms with Crippen molar-refractivity contribution < 1.29 is 4.79 Å². The van der Waals surface area contributed by atoms with Crippen molar-refractivity contribution in [3.05, 3.63) is 35.5 Å². The van der Waals surface area contributed by atoms with E-state index in [4.69, 9.17) is 5.73 Å². The second kappa shape index (κ2) is 4.82. The van der Waals surface area contributed by atoms with Gasteiger partial charge in [0.15, 0.2) is 0 Å². The third-order valence-corrected chi connectivity index (χ3v) is 3.02. The Kier molecular flexibility index (Phi) is 3.39. The van der Waals surface area contributed by atoms with Gasteiger partial charge in [0.1, 0.15) is 5.69 Å². The minimum absolute atomic E-state index is 0.0362. The summed E-state index contributed by atoms with van der Waals surface area (Å²) in [5, 5.41) is 3.92. The molecule has 0 bridgehead atoms. The summed E-state index contributed by atoms with van der Waals surface area (Å²) in [5.74, 6) is -0.0800. The highest BCUT2D eigenvalue weighted by molar-refractivity contribution is 5.98. The van der Waals surface area contributed by atoms with Gasteiger partial charge in [-0.3, -0.25) is 4.79 Å². The van der Waals surface area contributed by atoms with Gasteiger partial charge in [0.2, 0.25) is 0 Å². The number of amides is 1. The average molecular weight is 245 g/mol. The van der Waals surface area contributed by atoms with E-state index >= 15 is 0 Å². The number of carbonyl (C=O) groups is 1. The lowest BCUT2D eigenvalue weighted by Crippen LogP contribution is -2.35. The second-order valence-electron chi connectivity index (χ2n) is 4.84. The van der Waals surface area contributed by atoms with Crippen LogP contribution in [0, 0.1) is 6.92 Å². The molecule has 1 aromatic carbocycles. The number of nitrogens with one attached hydrogen (secondary N) is 1. The summed E-state index contributed by atoms with van der Waals surface area (Å²) in [7, 11) is 1.90. The Hall–Kier alpha value is -1.81. The number of nitrogens with zero attached hydrogens (tertiary/aromatic N) is 1. The second-order valence-corrected chi connectivity index (χ2v) is 4.84. The number of aromatic nitrogens is 1. The lowest BCUT2D eigenvalue weighted by Gasteiger charge is -2.08. The third kappa shape index (κ3) is 2.38. The largest absolute Gasteiger partial charge is 0.349 e. The van der Waals surface area contributed by atoms with Crippen molar-refractivity contribution in [3.8, 4) is 0 Å². The quantitative estimate of drug-likeness (QED) is 0.862. The van der Waals surface area contributed by atoms with Crippen molar-refractivity contribution in [2.45, 2.75) is 19.9 Å². The topological polar surface area (TPSA) is 60.1 Å². The maximum absolute atomic E-state index is 12.0. The molecule has 96 valence electrons. The molecule has 18 heavy (non-hydrogen) atoms. The molecule has 0 aliphatic carbocycles. The van der Waals surface area contributed by atoms with Crippen LogP contribution >= 0.6 is 0 Å². The number of benzene rings is 1. The molecule has 1 amide bonds. The standard InChI is InChI=1S/C14H19N3O/c1-9-4-5-12-11(6-9)7-13(17(12)3)14(18)16-8-10(2)15/h4-7,10H,8,15H2,1-3H3,(H,16,18). The first-order valence-corrected chi connectivity index (χ1v) is 6.09. The lowest BCUT2D eigenvalue weighted by atomic mass is 10.2. The van der Waals surface area contributed by atoms with Crippen LogP contribution in [-0.4, -0.2) is 23.1 Å². The first kappa shape index (κ1) is 12.6. The fourth-order valence-corrected chi connectivity index (χ4v) is 2.03. The molecule has 4 nitrogen and oxygen atoms in total. The fourth-order valence-electron chi connectivity index (χ4n) is 2.03. The van der Waals surface area contributed by atoms with Crippen molar-refractivity contribution in [3.63, 3.8) is 0 Å². The molecule has 0 aliphatic rings. The van der Waals surface area contributed by atoms with Crippen molar-refractivity contribution in [2.75, 3.05) is 6.54 Å². The average Bonchev–Trinajstić information content (AvgIpc) is 2.63. The number of rotatable bonds is 3. The van der Waals surface area contributed by atoms with E-state index in [1.54, 1.807) is 0 Å². The third-order valence-electron chi connectivity index (χ3n) is 3.02. The van der Waals surface area contributed by atoms with E-state index in [2.05, 4.69) is 11.4 Å². The molecule has 4 heteroatoms. The highest BCUT2D eigenvalue weighted by Crippen LogP contribution is 2.19. The summed E-state index contributed by atoms with van der Waals surface area (Å²) in [6, 6.07) is 8.04. The number of fused-ring (bicyclic) bond motifs is 1. The number of carbonyl (C=O) groups excluding carboxylic acids is 1. The van der Waals surface area contributed by atoms with E-state index in [0.717, 1.165) is 10.9 Å². The number of hydrogen-bond acceptors (Lipinski definition) is 2. The molecule has 2 aromatic rings. The summed E-state index contributed by atoms with van der Waals surface area (Å²) in [5.41, 5.74) is 8.55. The van der Waals surface area contributed by atoms with Crippen molar-refractivity contribution >= 4 is 16.8 Å². The summed E-state index contributed by atoms with van der Waals surface area (Å²) in [6.07, 6.45) is 0. The van der Waals surface area contributed by atoms with Gasteiger partial charge < -0.3 is 15.6 Å². The molecule has 0 radical (unpaired) electrons. The number of aryl methyl sites for hydroxylation is 2. The van der Waals surface area contributed by atoms with E-state index in [1.165, 1.54) is 5.56 Å². The molecule has 1 aromatic heterocycles. The van der Waals surface area contributed by atoms with Crippen LogP contribution in [0.5, 0.6) is 0 Å². The van der Waals surface area contributed by atoms with Gasteiger partial charge in [0.05, 0.1) is 0 Å². The van der Waals surface area contributed by atoms with Gasteiger partial charge in [0.25, 0.3) is 5.91 Å². The molecule has 0 saturated carbocycles. The minimum atomic E-state index is -0.0800. The first-order chi connectivity index (χ1) is 8.49. The summed E-state index contributed by atoms with van der Waals surface area (Å²) in [6.45, 7) is 4.40. The van der Waals surface area contributed by atoms with Crippen LogP contribution in [0.15, 0.2) is 24.3 Å². The lowest BCUT2D eigenvalue weighted by molar-refractivity contribution is 0.0944. The number of hydrogen-bond donors (Lipinski definition) is 2. The van der Waals surface area contributed by atoms with Gasteiger partial charge in [0, 0.05) is 30.5 Å². The van der Waals surface area contributed by atoms with Crippen LogP contribution in [-0.2, 0) is 7.05 Å². The Morgan fingerprint density at radius 1 is 1.44 bits per heavy atom. The van der Waals surface area contributed by atoms with Gasteiger partial charge in [-0.15, -0.1) is 0 Å². The number of nitrogens with two attached hydrogens (primary N) is 1. The molecule has 2 rings (SSSR count). The van der Waals surface area contributed by atoms with Crippen LogP contribution in [0.2, 0.25) is 0 Å². The van der Waals surface area contributed by atoms with Gasteiger partial charge in [-0.05, 0) is 32.0 Å². The summed E-state index contributed by atoms with van der Waals surface area (Å²) < 4.78 is 1.91. The molecule has 1 heterocycles. The SMILES string of the molecule is Cc1ccc2c(c1)cc(C(=O)NCC(C)N)n2C. The summed E-state index contributed by atoms with van der Waals surface area (Å²) >= 11 is 0. The molecule has 0 fully saturated rings. The molecular weight excluding hydrogens is 226 g/mol. The molecule has 1 unspecified atom stereocenters. The van der Waals surface area contributed by atoms with Crippen LogP contribution < -0.4 is 11.1 Å². The minimum Gasteiger partial charge on any atom is -0.349 e. The van der Waals surface area contributed by atoms with Gasteiger partial charge in [-0.1, -0.05) is 11.6 Å². The highest BCUT2D eigenvalue weighted by atomic mass is 16.1. The Balaban J connectivity index is 2.33. The van der Waals surface area contributed by atoms with E-state index < -0.39 is 0 Å². The maximum atomic E-state index is 12.0. The zero-order valence-electron chi connectivity index (χ0n) is 11.0. The smallest absolute Gasteiger partial charge is 0.267 e. The van der Waals surface area contributed by atoms with Crippen LogP contribution in [0.4, 0.5) is 0 Å². The highest BCUT2D eigenvalue weighted by Gasteiger charge is 2.13. The van der Waals surface area contributed by atoms with Crippen molar-refractivity contribution in [1.29, 1.82) is 0 Å². The monoisotopic (exact) mass is 245 g/mol. The van der Waals surface area contributed by atoms with Gasteiger partial charge >= 0.3 is 0 Å². The van der Waals surface area contributed by atoms with E-state index in [1.807, 2.05) is 43.7 Å². The molecular formula is C14H19N3O. The molecule has 0 saturated heterocycles. The van der Waals surface area contributed by atoms with Crippen LogP contribution in [0.25, 0.3) is 10.9 Å². The predicted molar refractivity (Wildman–Crippen MR) is 73.6 cm³/mol. The van der Waals surface area contributed by atoms with Gasteiger partial charge in [-0.25, -0.2) is 0 Å². The molecule has 1 atom stereocenters. The van der Waals surface area contributed by atoms with E-state index in [-0.39, 0.29) is 11.9 Å². The predicted octanol–water partition coefficient (Wildman–Crippen LogP) is 1.56. The zero-order valence-corrected chi connectivity index (χ0v) is 11.0. The van der Waals surface area contributed by atoms with E-state index in [0.29, 0.717) is 12.2 Å². The normalized spacial score (nSPS) is 12.7. The Bertz CT molecular complexity index is 584. The Morgan fingerprint density at radius 3 is 2.83 bits per heavy atom. The maximum Gasteiger partial charge on any atom is 0.267 e. The molecule has 0 aliphatic heterocycles. The fraction of sp³-hybridized carbons (Fsp3) is 0.357. The Morgan fingerprint density at radius 2 is 2.17 bits per heavy atom. The van der Waals surface area contributed by atoms with Crippen molar-refractivity contribution in [2.24, 2.45) is 12.8 Å². The van der Waals surface area contributed by atoms with Crippen LogP contribution in [0.3, 0.4) is 0 Å². The van der Waals surface area contributed by atoms with Gasteiger partial charge in [-0.2, -0.15) is 0 Å². The van der Waals surface area contributed by atoms with E-state index in [9.17, 15) is 4.79 Å². The first-order valence-electron chi connectivity index (χ1n) is 6.09. The molecule has 3 N–H and O–H groups in total. The van der Waals surface area contributed by atoms with Crippen LogP contribution in [0.1, 0.15) is 23.0 Å².